The zero-order valence-electron chi connectivity index (χ0n) is 10.8. The Bertz CT molecular complexity index is 289. The average molecular weight is 242 g/mol. The molecule has 0 aliphatic rings. The van der Waals surface area contributed by atoms with E-state index in [1.54, 1.807) is 11.9 Å². The first-order valence-corrected chi connectivity index (χ1v) is 5.70. The van der Waals surface area contributed by atoms with Crippen LogP contribution in [0.2, 0.25) is 0 Å². The van der Waals surface area contributed by atoms with Gasteiger partial charge >= 0.3 is 12.0 Å². The van der Waals surface area contributed by atoms with Gasteiger partial charge in [-0.25, -0.2) is 4.79 Å². The molecular formula is C12H22N2O3. The summed E-state index contributed by atoms with van der Waals surface area (Å²) in [5, 5.41) is 11.3. The maximum absolute atomic E-state index is 11.6. The third-order valence-corrected chi connectivity index (χ3v) is 2.25. The van der Waals surface area contributed by atoms with Crippen LogP contribution < -0.4 is 5.32 Å². The minimum absolute atomic E-state index is 0.0191. The summed E-state index contributed by atoms with van der Waals surface area (Å²) in [6.07, 6.45) is 1.38. The van der Waals surface area contributed by atoms with Crippen molar-refractivity contribution in [3.05, 3.63) is 12.2 Å². The van der Waals surface area contributed by atoms with E-state index in [9.17, 15) is 9.59 Å². The van der Waals surface area contributed by atoms with E-state index in [1.807, 2.05) is 13.8 Å². The molecule has 1 unspecified atom stereocenters. The number of urea groups is 1. The summed E-state index contributed by atoms with van der Waals surface area (Å²) in [5.41, 5.74) is 0.918. The van der Waals surface area contributed by atoms with Crippen molar-refractivity contribution in [2.24, 2.45) is 0 Å². The third-order valence-electron chi connectivity index (χ3n) is 2.25. The van der Waals surface area contributed by atoms with Crippen LogP contribution in [0.25, 0.3) is 0 Å². The summed E-state index contributed by atoms with van der Waals surface area (Å²) in [6.45, 7) is 7.99. The van der Waals surface area contributed by atoms with Gasteiger partial charge in [0.15, 0.2) is 0 Å². The van der Waals surface area contributed by atoms with Gasteiger partial charge in [-0.15, -0.1) is 0 Å². The maximum Gasteiger partial charge on any atom is 0.317 e. The number of carbonyl (C=O) groups is 2. The molecule has 2 N–H and O–H groups in total. The summed E-state index contributed by atoms with van der Waals surface area (Å²) in [7, 11) is 1.70. The van der Waals surface area contributed by atoms with Gasteiger partial charge in [0.1, 0.15) is 0 Å². The highest BCUT2D eigenvalue weighted by Crippen LogP contribution is 2.01. The lowest BCUT2D eigenvalue weighted by Gasteiger charge is -2.21. The Morgan fingerprint density at radius 2 is 2.06 bits per heavy atom. The number of likely N-dealkylation sites (N-methyl/N-ethyl adjacent to an activating group) is 1. The van der Waals surface area contributed by atoms with Crippen LogP contribution in [0.5, 0.6) is 0 Å². The van der Waals surface area contributed by atoms with Crippen molar-refractivity contribution in [2.75, 3.05) is 13.6 Å². The van der Waals surface area contributed by atoms with Crippen LogP contribution in [0.3, 0.4) is 0 Å². The van der Waals surface area contributed by atoms with Gasteiger partial charge in [0, 0.05) is 26.1 Å². The Kier molecular flexibility index (Phi) is 7.02. The van der Waals surface area contributed by atoms with Crippen molar-refractivity contribution in [1.82, 2.24) is 10.2 Å². The summed E-state index contributed by atoms with van der Waals surface area (Å²) >= 11 is 0. The smallest absolute Gasteiger partial charge is 0.317 e. The van der Waals surface area contributed by atoms with E-state index in [4.69, 9.17) is 5.11 Å². The standard InChI is InChI=1S/C12H22N2O3/c1-9(2)8-14(4)12(17)13-10(3)6-5-7-11(15)16/h10H,1,5-8H2,2-4H3,(H,13,17)(H,15,16). The number of nitrogens with zero attached hydrogens (tertiary/aromatic N) is 1. The number of hydrogen-bond donors (Lipinski definition) is 2. The van der Waals surface area contributed by atoms with E-state index < -0.39 is 5.97 Å². The Labute approximate surface area is 102 Å². The molecule has 2 amide bonds. The van der Waals surface area contributed by atoms with E-state index >= 15 is 0 Å². The van der Waals surface area contributed by atoms with Gasteiger partial charge < -0.3 is 15.3 Å². The van der Waals surface area contributed by atoms with Crippen LogP contribution in [0.4, 0.5) is 4.79 Å². The predicted molar refractivity (Wildman–Crippen MR) is 66.9 cm³/mol. The molecule has 0 radical (unpaired) electrons. The molecule has 0 heterocycles. The van der Waals surface area contributed by atoms with Crippen molar-refractivity contribution < 1.29 is 14.7 Å². The molecule has 98 valence electrons. The fraction of sp³-hybridized carbons (Fsp3) is 0.667. The molecule has 0 aliphatic heterocycles. The zero-order valence-corrected chi connectivity index (χ0v) is 10.8. The summed E-state index contributed by atoms with van der Waals surface area (Å²) < 4.78 is 0. The van der Waals surface area contributed by atoms with Crippen LogP contribution in [0, 0.1) is 0 Å². The van der Waals surface area contributed by atoms with Gasteiger partial charge in [-0.3, -0.25) is 4.79 Å². The Balaban J connectivity index is 3.86. The second kappa shape index (κ2) is 7.70. The molecule has 0 fully saturated rings. The fourth-order valence-electron chi connectivity index (χ4n) is 1.43. The van der Waals surface area contributed by atoms with Gasteiger partial charge in [0.2, 0.25) is 0 Å². The van der Waals surface area contributed by atoms with Gasteiger partial charge in [-0.2, -0.15) is 0 Å². The molecule has 5 heteroatoms. The van der Waals surface area contributed by atoms with Crippen LogP contribution in [0.1, 0.15) is 33.1 Å². The Morgan fingerprint density at radius 3 is 2.53 bits per heavy atom. The maximum atomic E-state index is 11.6. The van der Waals surface area contributed by atoms with Gasteiger partial charge in [-0.1, -0.05) is 12.2 Å². The molecule has 5 nitrogen and oxygen atoms in total. The van der Waals surface area contributed by atoms with E-state index in [1.165, 1.54) is 0 Å². The molecule has 0 spiro atoms. The Morgan fingerprint density at radius 1 is 1.47 bits per heavy atom. The number of rotatable bonds is 7. The summed E-state index contributed by atoms with van der Waals surface area (Å²) in [5.74, 6) is -0.803. The fourth-order valence-corrected chi connectivity index (χ4v) is 1.43. The molecule has 0 aromatic heterocycles. The van der Waals surface area contributed by atoms with E-state index in [2.05, 4.69) is 11.9 Å². The lowest BCUT2D eigenvalue weighted by Crippen LogP contribution is -2.42. The zero-order chi connectivity index (χ0) is 13.4. The van der Waals surface area contributed by atoms with Crippen molar-refractivity contribution in [3.63, 3.8) is 0 Å². The van der Waals surface area contributed by atoms with Crippen LogP contribution in [-0.4, -0.2) is 41.6 Å². The van der Waals surface area contributed by atoms with Crippen molar-refractivity contribution in [2.45, 2.75) is 39.2 Å². The number of amides is 2. The molecular weight excluding hydrogens is 220 g/mol. The highest BCUT2D eigenvalue weighted by atomic mass is 16.4. The summed E-state index contributed by atoms with van der Waals surface area (Å²) in [4.78, 5) is 23.5. The van der Waals surface area contributed by atoms with Gasteiger partial charge in [0.25, 0.3) is 0 Å². The molecule has 0 bridgehead atoms. The van der Waals surface area contributed by atoms with E-state index in [-0.39, 0.29) is 18.5 Å². The molecule has 17 heavy (non-hydrogen) atoms. The normalized spacial score (nSPS) is 11.7. The molecule has 0 saturated heterocycles. The number of carboxylic acids is 1. The highest BCUT2D eigenvalue weighted by molar-refractivity contribution is 5.74. The number of aliphatic carboxylic acids is 1. The molecule has 0 aromatic rings. The minimum Gasteiger partial charge on any atom is -0.481 e. The van der Waals surface area contributed by atoms with E-state index in [0.29, 0.717) is 19.4 Å². The van der Waals surface area contributed by atoms with Crippen molar-refractivity contribution in [3.8, 4) is 0 Å². The Hall–Kier alpha value is -1.52. The van der Waals surface area contributed by atoms with Crippen LogP contribution in [-0.2, 0) is 4.79 Å². The first kappa shape index (κ1) is 15.5. The molecule has 1 atom stereocenters. The van der Waals surface area contributed by atoms with Crippen molar-refractivity contribution >= 4 is 12.0 Å². The quantitative estimate of drug-likeness (QED) is 0.669. The first-order chi connectivity index (χ1) is 7.82. The first-order valence-electron chi connectivity index (χ1n) is 5.70. The second-order valence-corrected chi connectivity index (χ2v) is 4.45. The second-order valence-electron chi connectivity index (χ2n) is 4.45. The molecule has 0 rings (SSSR count). The average Bonchev–Trinajstić information content (AvgIpc) is 2.15. The number of hydrogen-bond acceptors (Lipinski definition) is 2. The largest absolute Gasteiger partial charge is 0.481 e. The van der Waals surface area contributed by atoms with Gasteiger partial charge in [-0.05, 0) is 26.7 Å². The minimum atomic E-state index is -0.803. The lowest BCUT2D eigenvalue weighted by atomic mass is 10.1. The number of carboxylic acid groups (broad SMARTS) is 1. The lowest BCUT2D eigenvalue weighted by molar-refractivity contribution is -0.137. The number of carbonyl (C=O) groups excluding carboxylic acids is 1. The molecule has 0 aliphatic carbocycles. The van der Waals surface area contributed by atoms with E-state index in [0.717, 1.165) is 5.57 Å². The highest BCUT2D eigenvalue weighted by Gasteiger charge is 2.11. The SMILES string of the molecule is C=C(C)CN(C)C(=O)NC(C)CCCC(=O)O. The topological polar surface area (TPSA) is 69.6 Å². The van der Waals surface area contributed by atoms with Crippen LogP contribution in [0.15, 0.2) is 12.2 Å². The van der Waals surface area contributed by atoms with Crippen LogP contribution >= 0.6 is 0 Å². The summed E-state index contributed by atoms with van der Waals surface area (Å²) in [6, 6.07) is -0.176. The number of nitrogens with one attached hydrogen (secondary N) is 1. The van der Waals surface area contributed by atoms with Gasteiger partial charge in [0.05, 0.1) is 0 Å². The predicted octanol–water partition coefficient (Wildman–Crippen LogP) is 1.85. The molecule has 0 saturated carbocycles. The third kappa shape index (κ3) is 8.30. The monoisotopic (exact) mass is 242 g/mol. The van der Waals surface area contributed by atoms with Crippen molar-refractivity contribution in [1.29, 1.82) is 0 Å². The molecule has 0 aromatic carbocycles.